The number of unbranched alkanes of at least 4 members (excludes halogenated alkanes) is 2. The minimum absolute atomic E-state index is 1.10. The van der Waals surface area contributed by atoms with Crippen LogP contribution < -0.4 is 0 Å². The van der Waals surface area contributed by atoms with Gasteiger partial charge in [0.05, 0.1) is 0 Å². The van der Waals surface area contributed by atoms with Gasteiger partial charge in [-0.05, 0) is 54.7 Å². The van der Waals surface area contributed by atoms with Gasteiger partial charge in [0, 0.05) is 28.9 Å². The minimum atomic E-state index is 1.10. The van der Waals surface area contributed by atoms with Gasteiger partial charge in [-0.1, -0.05) is 38.8 Å². The minimum Gasteiger partial charge on any atom is -0.344 e. The first kappa shape index (κ1) is 14.2. The summed E-state index contributed by atoms with van der Waals surface area (Å²) in [7, 11) is 2.17. The second kappa shape index (κ2) is 5.93. The Hall–Kier alpha value is -1.76. The fraction of sp³-hybridized carbons (Fsp3) is 0.400. The molecule has 0 aliphatic heterocycles. The monoisotopic (exact) mass is 279 g/mol. The molecule has 21 heavy (non-hydrogen) atoms. The second-order valence-electron chi connectivity index (χ2n) is 6.07. The van der Waals surface area contributed by atoms with Gasteiger partial charge in [0.1, 0.15) is 0 Å². The number of hydrogen-bond donors (Lipinski definition) is 0. The predicted molar refractivity (Wildman–Crippen MR) is 93.0 cm³/mol. The quantitative estimate of drug-likeness (QED) is 0.534. The van der Waals surface area contributed by atoms with Crippen LogP contribution in [-0.2, 0) is 19.9 Å². The number of aromatic nitrogens is 1. The van der Waals surface area contributed by atoms with Crippen molar-refractivity contribution in [3.05, 3.63) is 47.5 Å². The summed E-state index contributed by atoms with van der Waals surface area (Å²) in [6.45, 7) is 4.49. The topological polar surface area (TPSA) is 4.93 Å². The third-order valence-electron chi connectivity index (χ3n) is 4.61. The summed E-state index contributed by atoms with van der Waals surface area (Å²) in [5.74, 6) is 0. The van der Waals surface area contributed by atoms with Crippen molar-refractivity contribution in [3.63, 3.8) is 0 Å². The standard InChI is InChI=1S/C20H25N/c1-4-6-7-8-16-10-12-20-18(14-16)17-13-15(5-2)9-11-19(17)21(20)3/h9-14H,4-8H2,1-3H3. The molecule has 1 aromatic heterocycles. The van der Waals surface area contributed by atoms with Crippen LogP contribution in [0.25, 0.3) is 21.8 Å². The zero-order valence-corrected chi connectivity index (χ0v) is 13.4. The Labute approximate surface area is 127 Å². The zero-order valence-electron chi connectivity index (χ0n) is 13.4. The maximum absolute atomic E-state index is 2.41. The van der Waals surface area contributed by atoms with Crippen LogP contribution in [0.15, 0.2) is 36.4 Å². The Kier molecular flexibility index (Phi) is 4.01. The predicted octanol–water partition coefficient (Wildman–Crippen LogP) is 5.63. The van der Waals surface area contributed by atoms with E-state index in [0.29, 0.717) is 0 Å². The molecule has 0 spiro atoms. The molecule has 0 radical (unpaired) electrons. The van der Waals surface area contributed by atoms with Gasteiger partial charge in [0.2, 0.25) is 0 Å². The largest absolute Gasteiger partial charge is 0.344 e. The van der Waals surface area contributed by atoms with Crippen molar-refractivity contribution in [1.29, 1.82) is 0 Å². The third kappa shape index (κ3) is 2.57. The molecule has 2 aromatic carbocycles. The van der Waals surface area contributed by atoms with Crippen LogP contribution in [0.3, 0.4) is 0 Å². The average Bonchev–Trinajstić information content (AvgIpc) is 2.80. The van der Waals surface area contributed by atoms with E-state index in [9.17, 15) is 0 Å². The molecular formula is C20H25N. The van der Waals surface area contributed by atoms with Crippen molar-refractivity contribution < 1.29 is 0 Å². The highest BCUT2D eigenvalue weighted by Gasteiger charge is 2.09. The van der Waals surface area contributed by atoms with Gasteiger partial charge < -0.3 is 4.57 Å². The van der Waals surface area contributed by atoms with E-state index in [1.165, 1.54) is 58.6 Å². The van der Waals surface area contributed by atoms with Crippen molar-refractivity contribution >= 4 is 21.8 Å². The molecule has 1 nitrogen and oxygen atoms in total. The maximum atomic E-state index is 2.41. The molecule has 1 heterocycles. The molecule has 0 N–H and O–H groups in total. The molecule has 0 aliphatic carbocycles. The first-order chi connectivity index (χ1) is 10.2. The van der Waals surface area contributed by atoms with E-state index in [-0.39, 0.29) is 0 Å². The number of aryl methyl sites for hydroxylation is 3. The van der Waals surface area contributed by atoms with E-state index in [0.717, 1.165) is 6.42 Å². The molecule has 3 aromatic rings. The van der Waals surface area contributed by atoms with Crippen LogP contribution in [-0.4, -0.2) is 4.57 Å². The average molecular weight is 279 g/mol. The van der Waals surface area contributed by atoms with Gasteiger partial charge in [-0.15, -0.1) is 0 Å². The smallest absolute Gasteiger partial charge is 0.0488 e. The summed E-state index contributed by atoms with van der Waals surface area (Å²) in [6, 6.07) is 13.9. The zero-order chi connectivity index (χ0) is 14.8. The summed E-state index contributed by atoms with van der Waals surface area (Å²) >= 11 is 0. The lowest BCUT2D eigenvalue weighted by Crippen LogP contribution is -1.88. The molecule has 110 valence electrons. The molecule has 0 bridgehead atoms. The van der Waals surface area contributed by atoms with Crippen molar-refractivity contribution in [2.24, 2.45) is 7.05 Å². The van der Waals surface area contributed by atoms with Gasteiger partial charge in [0.25, 0.3) is 0 Å². The highest BCUT2D eigenvalue weighted by molar-refractivity contribution is 6.08. The Morgan fingerprint density at radius 3 is 2.05 bits per heavy atom. The summed E-state index contributed by atoms with van der Waals surface area (Å²) in [5, 5.41) is 2.82. The van der Waals surface area contributed by atoms with Gasteiger partial charge >= 0.3 is 0 Å². The van der Waals surface area contributed by atoms with E-state index >= 15 is 0 Å². The molecular weight excluding hydrogens is 254 g/mol. The molecule has 0 fully saturated rings. The third-order valence-corrected chi connectivity index (χ3v) is 4.61. The molecule has 0 atom stereocenters. The summed E-state index contributed by atoms with van der Waals surface area (Å²) in [6.07, 6.45) is 6.22. The molecule has 0 saturated heterocycles. The van der Waals surface area contributed by atoms with Crippen LogP contribution >= 0.6 is 0 Å². The lowest BCUT2D eigenvalue weighted by Gasteiger charge is -2.02. The lowest BCUT2D eigenvalue weighted by molar-refractivity contribution is 0.718. The SMILES string of the molecule is CCCCCc1ccc2c(c1)c1cc(CC)ccc1n2C. The fourth-order valence-electron chi connectivity index (χ4n) is 3.27. The molecule has 0 saturated carbocycles. The van der Waals surface area contributed by atoms with Crippen LogP contribution in [0, 0.1) is 0 Å². The summed E-state index contributed by atoms with van der Waals surface area (Å²) in [4.78, 5) is 0. The van der Waals surface area contributed by atoms with Crippen molar-refractivity contribution in [1.82, 2.24) is 4.57 Å². The van der Waals surface area contributed by atoms with E-state index < -0.39 is 0 Å². The van der Waals surface area contributed by atoms with Crippen molar-refractivity contribution in [2.45, 2.75) is 46.0 Å². The summed E-state index contributed by atoms with van der Waals surface area (Å²) < 4.78 is 2.32. The van der Waals surface area contributed by atoms with E-state index in [1.54, 1.807) is 0 Å². The Morgan fingerprint density at radius 2 is 1.43 bits per heavy atom. The van der Waals surface area contributed by atoms with Crippen LogP contribution in [0.1, 0.15) is 44.2 Å². The molecule has 0 aliphatic rings. The van der Waals surface area contributed by atoms with E-state index in [2.05, 4.69) is 61.9 Å². The second-order valence-corrected chi connectivity index (χ2v) is 6.07. The Bertz CT molecular complexity index is 764. The highest BCUT2D eigenvalue weighted by Crippen LogP contribution is 2.30. The Balaban J connectivity index is 2.11. The lowest BCUT2D eigenvalue weighted by atomic mass is 10.0. The maximum Gasteiger partial charge on any atom is 0.0488 e. The van der Waals surface area contributed by atoms with E-state index in [1.807, 2.05) is 0 Å². The van der Waals surface area contributed by atoms with Gasteiger partial charge in [-0.2, -0.15) is 0 Å². The molecule has 1 heteroatoms. The number of fused-ring (bicyclic) bond motifs is 3. The van der Waals surface area contributed by atoms with Crippen LogP contribution in [0.2, 0.25) is 0 Å². The van der Waals surface area contributed by atoms with Gasteiger partial charge in [-0.3, -0.25) is 0 Å². The highest BCUT2D eigenvalue weighted by atomic mass is 14.9. The Morgan fingerprint density at radius 1 is 0.810 bits per heavy atom. The molecule has 3 rings (SSSR count). The number of rotatable bonds is 5. The number of hydrogen-bond acceptors (Lipinski definition) is 0. The normalized spacial score (nSPS) is 11.6. The fourth-order valence-corrected chi connectivity index (χ4v) is 3.27. The van der Waals surface area contributed by atoms with Crippen LogP contribution in [0.4, 0.5) is 0 Å². The van der Waals surface area contributed by atoms with Crippen molar-refractivity contribution in [2.75, 3.05) is 0 Å². The van der Waals surface area contributed by atoms with Crippen molar-refractivity contribution in [3.8, 4) is 0 Å². The first-order valence-corrected chi connectivity index (χ1v) is 8.24. The van der Waals surface area contributed by atoms with Crippen LogP contribution in [0.5, 0.6) is 0 Å². The van der Waals surface area contributed by atoms with E-state index in [4.69, 9.17) is 0 Å². The van der Waals surface area contributed by atoms with Gasteiger partial charge in [0.15, 0.2) is 0 Å². The van der Waals surface area contributed by atoms with Gasteiger partial charge in [-0.25, -0.2) is 0 Å². The molecule has 0 unspecified atom stereocenters. The number of nitrogens with zero attached hydrogens (tertiary/aromatic N) is 1. The molecule has 0 amide bonds. The first-order valence-electron chi connectivity index (χ1n) is 8.24. The number of benzene rings is 2. The summed E-state index contributed by atoms with van der Waals surface area (Å²) in [5.41, 5.74) is 5.59.